The van der Waals surface area contributed by atoms with E-state index in [1.807, 2.05) is 30.3 Å². The van der Waals surface area contributed by atoms with E-state index in [-0.39, 0.29) is 22.6 Å². The molecule has 0 spiro atoms. The number of nitro groups is 1. The van der Waals surface area contributed by atoms with Gasteiger partial charge in [-0.15, -0.1) is 0 Å². The van der Waals surface area contributed by atoms with Gasteiger partial charge in [0.15, 0.2) is 6.61 Å². The highest BCUT2D eigenvalue weighted by atomic mass is 19.1. The molecule has 9 heteroatoms. The van der Waals surface area contributed by atoms with Crippen LogP contribution in [-0.4, -0.2) is 23.4 Å². The molecule has 1 amide bonds. The standard InChI is InChI=1S/C23H20FN3O5/c1-15-7-9-19(18(24)11-15)26-22(28)14-32-23(29)17-8-10-20(21(12-17)27(30)31)25-13-16-5-3-2-4-6-16/h2-12,25H,13-14H2,1H3,(H,26,28). The van der Waals surface area contributed by atoms with Crippen LogP contribution in [0.15, 0.2) is 66.7 Å². The molecule has 32 heavy (non-hydrogen) atoms. The molecule has 0 aliphatic carbocycles. The molecule has 2 N–H and O–H groups in total. The first-order valence-corrected chi connectivity index (χ1v) is 9.63. The number of halogens is 1. The van der Waals surface area contributed by atoms with Crippen molar-refractivity contribution in [1.29, 1.82) is 0 Å². The Morgan fingerprint density at radius 2 is 1.75 bits per heavy atom. The number of aryl methyl sites for hydroxylation is 1. The SMILES string of the molecule is Cc1ccc(NC(=O)COC(=O)c2ccc(NCc3ccccc3)c([N+](=O)[O-])c2)c(F)c1. The van der Waals surface area contributed by atoms with E-state index < -0.39 is 29.2 Å². The van der Waals surface area contributed by atoms with Gasteiger partial charge >= 0.3 is 5.97 Å². The lowest BCUT2D eigenvalue weighted by Gasteiger charge is -2.10. The third kappa shape index (κ3) is 5.88. The molecule has 0 radical (unpaired) electrons. The van der Waals surface area contributed by atoms with Crippen LogP contribution >= 0.6 is 0 Å². The van der Waals surface area contributed by atoms with Gasteiger partial charge in [-0.05, 0) is 42.3 Å². The Labute approximate surface area is 183 Å². The number of nitrogens with zero attached hydrogens (tertiary/aromatic N) is 1. The van der Waals surface area contributed by atoms with Gasteiger partial charge in [0.25, 0.3) is 11.6 Å². The second-order valence-electron chi connectivity index (χ2n) is 6.94. The quantitative estimate of drug-likeness (QED) is 0.306. The maximum atomic E-state index is 13.8. The molecule has 0 saturated heterocycles. The number of anilines is 2. The van der Waals surface area contributed by atoms with Gasteiger partial charge < -0.3 is 15.4 Å². The van der Waals surface area contributed by atoms with Gasteiger partial charge in [-0.25, -0.2) is 9.18 Å². The maximum absolute atomic E-state index is 13.8. The number of benzene rings is 3. The van der Waals surface area contributed by atoms with Crippen LogP contribution in [0.2, 0.25) is 0 Å². The van der Waals surface area contributed by atoms with Crippen molar-refractivity contribution in [2.75, 3.05) is 17.2 Å². The van der Waals surface area contributed by atoms with Crippen LogP contribution in [0.3, 0.4) is 0 Å². The van der Waals surface area contributed by atoms with E-state index in [4.69, 9.17) is 4.74 Å². The zero-order valence-electron chi connectivity index (χ0n) is 17.1. The molecule has 0 unspecified atom stereocenters. The number of nitro benzene ring substituents is 1. The first-order valence-electron chi connectivity index (χ1n) is 9.63. The summed E-state index contributed by atoms with van der Waals surface area (Å²) in [5, 5.41) is 16.7. The number of hydrogen-bond donors (Lipinski definition) is 2. The summed E-state index contributed by atoms with van der Waals surface area (Å²) in [6.07, 6.45) is 0. The topological polar surface area (TPSA) is 111 Å². The van der Waals surface area contributed by atoms with Gasteiger partial charge in [0.05, 0.1) is 16.2 Å². The molecular formula is C23H20FN3O5. The molecule has 0 bridgehead atoms. The van der Waals surface area contributed by atoms with Crippen LogP contribution in [0.25, 0.3) is 0 Å². The molecule has 0 aromatic heterocycles. The van der Waals surface area contributed by atoms with E-state index >= 15 is 0 Å². The molecule has 3 rings (SSSR count). The van der Waals surface area contributed by atoms with Crippen LogP contribution in [-0.2, 0) is 16.1 Å². The summed E-state index contributed by atoms with van der Waals surface area (Å²) in [5.41, 5.74) is 1.43. The third-order valence-corrected chi connectivity index (χ3v) is 4.49. The number of hydrogen-bond acceptors (Lipinski definition) is 6. The zero-order valence-corrected chi connectivity index (χ0v) is 17.1. The summed E-state index contributed by atoms with van der Waals surface area (Å²) in [4.78, 5) is 35.1. The fourth-order valence-electron chi connectivity index (χ4n) is 2.87. The number of amides is 1. The molecule has 0 aliphatic rings. The lowest BCUT2D eigenvalue weighted by molar-refractivity contribution is -0.384. The first kappa shape index (κ1) is 22.4. The van der Waals surface area contributed by atoms with Crippen molar-refractivity contribution in [2.24, 2.45) is 0 Å². The van der Waals surface area contributed by atoms with E-state index in [9.17, 15) is 24.1 Å². The van der Waals surface area contributed by atoms with Crippen molar-refractivity contribution in [3.8, 4) is 0 Å². The fraction of sp³-hybridized carbons (Fsp3) is 0.130. The van der Waals surface area contributed by atoms with Crippen LogP contribution in [0.4, 0.5) is 21.5 Å². The van der Waals surface area contributed by atoms with Crippen molar-refractivity contribution < 1.29 is 23.6 Å². The van der Waals surface area contributed by atoms with Crippen molar-refractivity contribution >= 4 is 28.9 Å². The monoisotopic (exact) mass is 437 g/mol. The Bertz CT molecular complexity index is 1150. The van der Waals surface area contributed by atoms with Crippen molar-refractivity contribution in [3.05, 3.63) is 99.4 Å². The van der Waals surface area contributed by atoms with Crippen LogP contribution in [0, 0.1) is 22.9 Å². The molecule has 0 aliphatic heterocycles. The van der Waals surface area contributed by atoms with Crippen LogP contribution < -0.4 is 10.6 Å². The highest BCUT2D eigenvalue weighted by Gasteiger charge is 2.19. The van der Waals surface area contributed by atoms with Crippen molar-refractivity contribution in [3.63, 3.8) is 0 Å². The van der Waals surface area contributed by atoms with E-state index in [0.717, 1.165) is 11.6 Å². The predicted molar refractivity (Wildman–Crippen MR) is 117 cm³/mol. The van der Waals surface area contributed by atoms with Crippen LogP contribution in [0.1, 0.15) is 21.5 Å². The Kier molecular flexibility index (Phi) is 7.12. The van der Waals surface area contributed by atoms with Gasteiger partial charge in [-0.1, -0.05) is 36.4 Å². The Morgan fingerprint density at radius 3 is 2.44 bits per heavy atom. The average Bonchev–Trinajstić information content (AvgIpc) is 2.78. The van der Waals surface area contributed by atoms with E-state index in [1.165, 1.54) is 24.3 Å². The molecule has 0 heterocycles. The minimum absolute atomic E-state index is 0.0406. The van der Waals surface area contributed by atoms with E-state index in [0.29, 0.717) is 12.1 Å². The molecule has 3 aromatic carbocycles. The normalized spacial score (nSPS) is 10.3. The lowest BCUT2D eigenvalue weighted by atomic mass is 10.1. The minimum atomic E-state index is -0.915. The number of esters is 1. The van der Waals surface area contributed by atoms with E-state index in [2.05, 4.69) is 10.6 Å². The second kappa shape index (κ2) is 10.2. The molecule has 164 valence electrons. The number of carbonyl (C=O) groups is 2. The summed E-state index contributed by atoms with van der Waals surface area (Å²) >= 11 is 0. The summed E-state index contributed by atoms with van der Waals surface area (Å²) in [7, 11) is 0. The number of carbonyl (C=O) groups excluding carboxylic acids is 2. The predicted octanol–water partition coefficient (Wildman–Crippen LogP) is 4.45. The number of ether oxygens (including phenoxy) is 1. The molecular weight excluding hydrogens is 417 g/mol. The van der Waals surface area contributed by atoms with Gasteiger partial charge in [0, 0.05) is 12.6 Å². The van der Waals surface area contributed by atoms with Gasteiger partial charge in [-0.2, -0.15) is 0 Å². The lowest BCUT2D eigenvalue weighted by Crippen LogP contribution is -2.21. The highest BCUT2D eigenvalue weighted by Crippen LogP contribution is 2.26. The number of nitrogens with one attached hydrogen (secondary N) is 2. The fourth-order valence-corrected chi connectivity index (χ4v) is 2.87. The van der Waals surface area contributed by atoms with Gasteiger partial charge in [0.1, 0.15) is 11.5 Å². The Balaban J connectivity index is 1.62. The Morgan fingerprint density at radius 1 is 1.03 bits per heavy atom. The zero-order chi connectivity index (χ0) is 23.1. The molecule has 0 fully saturated rings. The highest BCUT2D eigenvalue weighted by molar-refractivity contribution is 5.96. The molecule has 0 saturated carbocycles. The van der Waals surface area contributed by atoms with Gasteiger partial charge in [0.2, 0.25) is 0 Å². The minimum Gasteiger partial charge on any atom is -0.452 e. The molecule has 8 nitrogen and oxygen atoms in total. The summed E-state index contributed by atoms with van der Waals surface area (Å²) < 4.78 is 18.7. The summed E-state index contributed by atoms with van der Waals surface area (Å²) in [6, 6.07) is 17.4. The Hall–Kier alpha value is -4.27. The smallest absolute Gasteiger partial charge is 0.338 e. The summed E-state index contributed by atoms with van der Waals surface area (Å²) in [5.74, 6) is -2.27. The van der Waals surface area contributed by atoms with Gasteiger partial charge in [-0.3, -0.25) is 14.9 Å². The molecule has 3 aromatic rings. The average molecular weight is 437 g/mol. The van der Waals surface area contributed by atoms with Crippen molar-refractivity contribution in [1.82, 2.24) is 0 Å². The largest absolute Gasteiger partial charge is 0.452 e. The first-order chi connectivity index (χ1) is 15.3. The second-order valence-corrected chi connectivity index (χ2v) is 6.94. The maximum Gasteiger partial charge on any atom is 0.338 e. The van der Waals surface area contributed by atoms with Crippen LogP contribution in [0.5, 0.6) is 0 Å². The van der Waals surface area contributed by atoms with E-state index in [1.54, 1.807) is 13.0 Å². The molecule has 0 atom stereocenters. The van der Waals surface area contributed by atoms with Crippen molar-refractivity contribution in [2.45, 2.75) is 13.5 Å². The summed E-state index contributed by atoms with van der Waals surface area (Å²) in [6.45, 7) is 1.40. The number of rotatable bonds is 8. The third-order valence-electron chi connectivity index (χ3n) is 4.49.